The predicted molar refractivity (Wildman–Crippen MR) is 121 cm³/mol. The number of fused-ring (bicyclic) bond motifs is 1. The first-order valence-corrected chi connectivity index (χ1v) is 9.22. The van der Waals surface area contributed by atoms with Crippen molar-refractivity contribution in [3.05, 3.63) is 53.0 Å². The normalized spacial score (nSPS) is 11.4. The lowest BCUT2D eigenvalue weighted by atomic mass is 10.1. The van der Waals surface area contributed by atoms with Crippen LogP contribution in [0.25, 0.3) is 10.9 Å². The molecular formula is C20H28IN5O. The maximum absolute atomic E-state index is 5.28. The summed E-state index contributed by atoms with van der Waals surface area (Å²) in [7, 11) is 1.77. The fraction of sp³-hybridized carbons (Fsp3) is 0.400. The molecule has 0 atom stereocenters. The Bertz CT molecular complexity index is 884. The van der Waals surface area contributed by atoms with E-state index in [2.05, 4.69) is 64.0 Å². The largest absolute Gasteiger partial charge is 0.361 e. The summed E-state index contributed by atoms with van der Waals surface area (Å²) in [5.41, 5.74) is 4.90. The molecule has 0 radical (unpaired) electrons. The average Bonchev–Trinajstić information content (AvgIpc) is 3.31. The van der Waals surface area contributed by atoms with Crippen LogP contribution in [0.15, 0.2) is 40.0 Å². The summed E-state index contributed by atoms with van der Waals surface area (Å²) in [5, 5.41) is 11.9. The highest BCUT2D eigenvalue weighted by Crippen LogP contribution is 2.22. The number of hydrogen-bond donors (Lipinski definition) is 3. The molecule has 146 valence electrons. The third kappa shape index (κ3) is 5.24. The number of nitrogens with zero attached hydrogens (tertiary/aromatic N) is 2. The number of benzene rings is 1. The Morgan fingerprint density at radius 1 is 1.19 bits per heavy atom. The Kier molecular flexibility index (Phi) is 8.15. The molecule has 3 rings (SSSR count). The summed E-state index contributed by atoms with van der Waals surface area (Å²) in [4.78, 5) is 7.68. The van der Waals surface area contributed by atoms with Gasteiger partial charge in [0.25, 0.3) is 0 Å². The number of aliphatic imine (C=N–C) groups is 1. The molecule has 0 aliphatic carbocycles. The Balaban J connectivity index is 0.00000261. The van der Waals surface area contributed by atoms with Crippen LogP contribution in [0.3, 0.4) is 0 Å². The molecule has 0 aliphatic heterocycles. The van der Waals surface area contributed by atoms with Gasteiger partial charge in [0.1, 0.15) is 0 Å². The highest BCUT2D eigenvalue weighted by atomic mass is 127. The zero-order valence-electron chi connectivity index (χ0n) is 16.1. The van der Waals surface area contributed by atoms with Crippen LogP contribution >= 0.6 is 24.0 Å². The number of aromatic nitrogens is 2. The van der Waals surface area contributed by atoms with Crippen molar-refractivity contribution in [3.8, 4) is 0 Å². The molecule has 6 nitrogen and oxygen atoms in total. The van der Waals surface area contributed by atoms with Gasteiger partial charge in [-0.2, -0.15) is 0 Å². The molecule has 0 saturated heterocycles. The lowest BCUT2D eigenvalue weighted by Gasteiger charge is -2.10. The van der Waals surface area contributed by atoms with E-state index in [0.717, 1.165) is 43.2 Å². The summed E-state index contributed by atoms with van der Waals surface area (Å²) in [6.07, 6.45) is 4.95. The van der Waals surface area contributed by atoms with Gasteiger partial charge in [-0.1, -0.05) is 37.2 Å². The van der Waals surface area contributed by atoms with Gasteiger partial charge < -0.3 is 20.1 Å². The number of aromatic amines is 1. The monoisotopic (exact) mass is 481 g/mol. The van der Waals surface area contributed by atoms with Crippen molar-refractivity contribution in [2.45, 2.75) is 39.7 Å². The van der Waals surface area contributed by atoms with Crippen molar-refractivity contribution >= 4 is 40.8 Å². The molecule has 27 heavy (non-hydrogen) atoms. The fourth-order valence-electron chi connectivity index (χ4n) is 3.09. The van der Waals surface area contributed by atoms with E-state index in [1.807, 2.05) is 6.07 Å². The molecule has 2 aromatic heterocycles. The summed E-state index contributed by atoms with van der Waals surface area (Å²) >= 11 is 0. The Labute approximate surface area is 177 Å². The van der Waals surface area contributed by atoms with Crippen LogP contribution in [0.2, 0.25) is 0 Å². The van der Waals surface area contributed by atoms with Gasteiger partial charge in [-0.25, -0.2) is 0 Å². The molecule has 0 saturated carbocycles. The molecule has 0 fully saturated rings. The first-order chi connectivity index (χ1) is 12.7. The quantitative estimate of drug-likeness (QED) is 0.273. The van der Waals surface area contributed by atoms with Crippen LogP contribution in [-0.4, -0.2) is 29.7 Å². The van der Waals surface area contributed by atoms with Crippen molar-refractivity contribution in [1.82, 2.24) is 20.8 Å². The number of H-pyrrole nitrogens is 1. The number of rotatable bonds is 7. The van der Waals surface area contributed by atoms with Gasteiger partial charge in [0.15, 0.2) is 11.7 Å². The van der Waals surface area contributed by atoms with E-state index in [-0.39, 0.29) is 24.0 Å². The third-order valence-electron chi connectivity index (χ3n) is 4.58. The van der Waals surface area contributed by atoms with Crippen molar-refractivity contribution in [2.75, 3.05) is 13.6 Å². The second-order valence-corrected chi connectivity index (χ2v) is 6.25. The highest BCUT2D eigenvalue weighted by molar-refractivity contribution is 14.0. The third-order valence-corrected chi connectivity index (χ3v) is 4.58. The molecule has 7 heteroatoms. The Morgan fingerprint density at radius 3 is 2.74 bits per heavy atom. The lowest BCUT2D eigenvalue weighted by Crippen LogP contribution is -2.37. The minimum absolute atomic E-state index is 0. The van der Waals surface area contributed by atoms with Crippen LogP contribution in [0.1, 0.15) is 36.4 Å². The number of guanidine groups is 1. The summed E-state index contributed by atoms with van der Waals surface area (Å²) in [6, 6.07) is 8.47. The number of para-hydroxylation sites is 1. The topological polar surface area (TPSA) is 78.2 Å². The first kappa shape index (κ1) is 21.3. The maximum atomic E-state index is 5.28. The summed E-state index contributed by atoms with van der Waals surface area (Å²) < 4.78 is 5.28. The van der Waals surface area contributed by atoms with Crippen molar-refractivity contribution < 1.29 is 4.52 Å². The van der Waals surface area contributed by atoms with Gasteiger partial charge in [-0.3, -0.25) is 4.99 Å². The second-order valence-electron chi connectivity index (χ2n) is 6.25. The molecule has 0 aliphatic rings. The van der Waals surface area contributed by atoms with Gasteiger partial charge >= 0.3 is 0 Å². The second kappa shape index (κ2) is 10.3. The van der Waals surface area contributed by atoms with E-state index in [1.165, 1.54) is 22.0 Å². The van der Waals surface area contributed by atoms with Crippen LogP contribution in [0, 0.1) is 0 Å². The van der Waals surface area contributed by atoms with Gasteiger partial charge in [-0.15, -0.1) is 24.0 Å². The van der Waals surface area contributed by atoms with Crippen LogP contribution in [-0.2, 0) is 25.8 Å². The molecule has 2 heterocycles. The van der Waals surface area contributed by atoms with E-state index >= 15 is 0 Å². The smallest absolute Gasteiger partial charge is 0.191 e. The van der Waals surface area contributed by atoms with E-state index in [9.17, 15) is 0 Å². The zero-order chi connectivity index (χ0) is 18.4. The average molecular weight is 481 g/mol. The van der Waals surface area contributed by atoms with Crippen molar-refractivity contribution in [1.29, 1.82) is 0 Å². The lowest BCUT2D eigenvalue weighted by molar-refractivity contribution is 0.374. The summed E-state index contributed by atoms with van der Waals surface area (Å²) in [5.74, 6) is 1.57. The van der Waals surface area contributed by atoms with Crippen LogP contribution in [0.4, 0.5) is 0 Å². The fourth-order valence-corrected chi connectivity index (χ4v) is 3.09. The van der Waals surface area contributed by atoms with Crippen LogP contribution < -0.4 is 10.6 Å². The van der Waals surface area contributed by atoms with Gasteiger partial charge in [0.2, 0.25) is 0 Å². The minimum atomic E-state index is 0. The van der Waals surface area contributed by atoms with Gasteiger partial charge in [0.05, 0.1) is 12.2 Å². The highest BCUT2D eigenvalue weighted by Gasteiger charge is 2.07. The van der Waals surface area contributed by atoms with E-state index in [4.69, 9.17) is 4.52 Å². The number of halogens is 1. The molecule has 1 aromatic carbocycles. The maximum Gasteiger partial charge on any atom is 0.191 e. The summed E-state index contributed by atoms with van der Waals surface area (Å²) in [6.45, 7) is 5.62. The molecular weight excluding hydrogens is 453 g/mol. The number of hydrogen-bond acceptors (Lipinski definition) is 3. The molecule has 0 spiro atoms. The molecule has 3 aromatic rings. The van der Waals surface area contributed by atoms with Crippen molar-refractivity contribution in [3.63, 3.8) is 0 Å². The Hall–Kier alpha value is -2.03. The molecule has 3 N–H and O–H groups in total. The number of aryl methyl sites for hydroxylation is 2. The van der Waals surface area contributed by atoms with Crippen LogP contribution in [0.5, 0.6) is 0 Å². The van der Waals surface area contributed by atoms with E-state index in [1.54, 1.807) is 7.05 Å². The molecule has 0 bridgehead atoms. The SMILES string of the molecule is CCc1cc(CNC(=NC)NCCc2c[nH]c3c(CC)cccc23)on1.I. The van der Waals surface area contributed by atoms with Gasteiger partial charge in [0, 0.05) is 36.8 Å². The molecule has 0 amide bonds. The van der Waals surface area contributed by atoms with Gasteiger partial charge in [-0.05, 0) is 30.4 Å². The minimum Gasteiger partial charge on any atom is -0.361 e. The van der Waals surface area contributed by atoms with E-state index < -0.39 is 0 Å². The predicted octanol–water partition coefficient (Wildman–Crippen LogP) is 3.81. The molecule has 0 unspecified atom stereocenters. The standard InChI is InChI=1S/C20H27N5O.HI/c1-4-14-7-6-8-18-15(12-23-19(14)18)9-10-22-20(21-3)24-13-17-11-16(5-2)25-26-17;/h6-8,11-12,23H,4-5,9-10,13H2,1-3H3,(H2,21,22,24);1H. The van der Waals surface area contributed by atoms with Crippen molar-refractivity contribution in [2.24, 2.45) is 4.99 Å². The zero-order valence-corrected chi connectivity index (χ0v) is 18.5. The Morgan fingerprint density at radius 2 is 2.04 bits per heavy atom. The van der Waals surface area contributed by atoms with E-state index in [0.29, 0.717) is 6.54 Å². The number of nitrogens with one attached hydrogen (secondary N) is 3. The first-order valence-electron chi connectivity index (χ1n) is 9.22.